The molecule has 1 atom stereocenters. The standard InChI is InChI=1S/C25H29FN2O2.ClH/c1-3-25(2)21-6-4-5-7-22(21)28(24(25)30)17-16-27-14-12-19(13-15-27)23(29)18-8-10-20(26)11-9-18;/h4-11,19H,3,12-17H2,1-2H3;1H. The lowest BCUT2D eigenvalue weighted by Gasteiger charge is -2.32. The summed E-state index contributed by atoms with van der Waals surface area (Å²) in [5, 5.41) is 0. The first-order valence-corrected chi connectivity index (χ1v) is 10.9. The third-order valence-corrected chi connectivity index (χ3v) is 6.94. The van der Waals surface area contributed by atoms with Gasteiger partial charge in [0.05, 0.1) is 5.41 Å². The Balaban J connectivity index is 0.00000272. The second-order valence-corrected chi connectivity index (χ2v) is 8.65. The highest BCUT2D eigenvalue weighted by molar-refractivity contribution is 6.07. The molecule has 166 valence electrons. The lowest BCUT2D eigenvalue weighted by molar-refractivity contribution is -0.122. The van der Waals surface area contributed by atoms with E-state index in [-0.39, 0.29) is 35.8 Å². The number of anilines is 1. The molecule has 0 aromatic heterocycles. The van der Waals surface area contributed by atoms with Gasteiger partial charge in [0, 0.05) is 30.3 Å². The molecule has 6 heteroatoms. The number of likely N-dealkylation sites (tertiary alicyclic amines) is 1. The number of halogens is 2. The Kier molecular flexibility index (Phi) is 7.17. The molecule has 1 amide bonds. The highest BCUT2D eigenvalue weighted by Crippen LogP contribution is 2.43. The molecule has 0 saturated carbocycles. The van der Waals surface area contributed by atoms with Gasteiger partial charge in [0.2, 0.25) is 5.91 Å². The number of fused-ring (bicyclic) bond motifs is 1. The molecule has 0 bridgehead atoms. The van der Waals surface area contributed by atoms with Crippen LogP contribution >= 0.6 is 12.4 Å². The number of para-hydroxylation sites is 1. The molecule has 1 saturated heterocycles. The molecule has 0 radical (unpaired) electrons. The molecule has 0 N–H and O–H groups in total. The van der Waals surface area contributed by atoms with E-state index in [9.17, 15) is 14.0 Å². The molecule has 0 spiro atoms. The Hall–Kier alpha value is -2.24. The number of Topliss-reactive ketones (excluding diaryl/α,β-unsaturated/α-hetero) is 1. The van der Waals surface area contributed by atoms with E-state index in [1.54, 1.807) is 12.1 Å². The summed E-state index contributed by atoms with van der Waals surface area (Å²) in [6.07, 6.45) is 2.39. The van der Waals surface area contributed by atoms with Crippen molar-refractivity contribution in [3.8, 4) is 0 Å². The number of carbonyl (C=O) groups excluding carboxylic acids is 2. The summed E-state index contributed by atoms with van der Waals surface area (Å²) in [4.78, 5) is 30.1. The molecule has 4 nitrogen and oxygen atoms in total. The molecule has 1 fully saturated rings. The number of piperidine rings is 1. The van der Waals surface area contributed by atoms with Crippen LogP contribution in [0.5, 0.6) is 0 Å². The molecule has 2 aliphatic rings. The van der Waals surface area contributed by atoms with Gasteiger partial charge < -0.3 is 9.80 Å². The van der Waals surface area contributed by atoms with Crippen molar-refractivity contribution in [1.82, 2.24) is 4.90 Å². The van der Waals surface area contributed by atoms with Gasteiger partial charge in [-0.05, 0) is 75.2 Å². The van der Waals surface area contributed by atoms with Gasteiger partial charge in [0.15, 0.2) is 5.78 Å². The van der Waals surface area contributed by atoms with Crippen molar-refractivity contribution in [1.29, 1.82) is 0 Å². The second kappa shape index (κ2) is 9.49. The zero-order chi connectivity index (χ0) is 21.3. The molecule has 2 aromatic rings. The fraction of sp³-hybridized carbons (Fsp3) is 0.440. The molecular weight excluding hydrogens is 415 g/mol. The molecular formula is C25H30ClFN2O2. The Bertz CT molecular complexity index is 941. The van der Waals surface area contributed by atoms with Crippen molar-refractivity contribution in [2.45, 2.75) is 38.5 Å². The third kappa shape index (κ3) is 4.39. The van der Waals surface area contributed by atoms with Crippen LogP contribution < -0.4 is 4.90 Å². The number of rotatable bonds is 6. The monoisotopic (exact) mass is 444 g/mol. The summed E-state index contributed by atoms with van der Waals surface area (Å²) in [5.74, 6) is -0.0348. The van der Waals surface area contributed by atoms with E-state index < -0.39 is 5.41 Å². The number of carbonyl (C=O) groups is 2. The second-order valence-electron chi connectivity index (χ2n) is 8.65. The van der Waals surface area contributed by atoms with Crippen LogP contribution in [0.2, 0.25) is 0 Å². The van der Waals surface area contributed by atoms with E-state index in [1.807, 2.05) is 30.0 Å². The number of nitrogens with zero attached hydrogens (tertiary/aromatic N) is 2. The van der Waals surface area contributed by atoms with Crippen LogP contribution in [-0.4, -0.2) is 42.8 Å². The molecule has 0 aliphatic carbocycles. The minimum Gasteiger partial charge on any atom is -0.310 e. The Morgan fingerprint density at radius 3 is 2.35 bits per heavy atom. The SMILES string of the molecule is CCC1(C)C(=O)N(CCN2CCC(C(=O)c3ccc(F)cc3)CC2)c2ccccc21.Cl. The van der Waals surface area contributed by atoms with Gasteiger partial charge in [0.1, 0.15) is 5.82 Å². The van der Waals surface area contributed by atoms with Gasteiger partial charge in [-0.1, -0.05) is 25.1 Å². The summed E-state index contributed by atoms with van der Waals surface area (Å²) in [6, 6.07) is 14.0. The average Bonchev–Trinajstić information content (AvgIpc) is 3.00. The Labute approximate surface area is 189 Å². The highest BCUT2D eigenvalue weighted by Gasteiger charge is 2.45. The highest BCUT2D eigenvalue weighted by atomic mass is 35.5. The van der Waals surface area contributed by atoms with Crippen molar-refractivity contribution in [2.75, 3.05) is 31.1 Å². The predicted octanol–water partition coefficient (Wildman–Crippen LogP) is 4.86. The number of benzene rings is 2. The number of amides is 1. The largest absolute Gasteiger partial charge is 0.310 e. The maximum atomic E-state index is 13.1. The summed E-state index contributed by atoms with van der Waals surface area (Å²) in [7, 11) is 0. The quantitative estimate of drug-likeness (QED) is 0.597. The topological polar surface area (TPSA) is 40.6 Å². The average molecular weight is 445 g/mol. The van der Waals surface area contributed by atoms with Crippen LogP contribution in [0.3, 0.4) is 0 Å². The molecule has 2 aromatic carbocycles. The van der Waals surface area contributed by atoms with Crippen molar-refractivity contribution in [3.63, 3.8) is 0 Å². The normalized spacial score (nSPS) is 21.6. The fourth-order valence-corrected chi connectivity index (χ4v) is 4.77. The van der Waals surface area contributed by atoms with Crippen LogP contribution in [0.4, 0.5) is 10.1 Å². The van der Waals surface area contributed by atoms with Gasteiger partial charge in [-0.25, -0.2) is 4.39 Å². The smallest absolute Gasteiger partial charge is 0.237 e. The van der Waals surface area contributed by atoms with Gasteiger partial charge in [-0.2, -0.15) is 0 Å². The number of ketones is 1. The lowest BCUT2D eigenvalue weighted by Crippen LogP contribution is -2.44. The lowest BCUT2D eigenvalue weighted by atomic mass is 9.81. The predicted molar refractivity (Wildman–Crippen MR) is 124 cm³/mol. The summed E-state index contributed by atoms with van der Waals surface area (Å²) < 4.78 is 13.1. The van der Waals surface area contributed by atoms with E-state index in [0.29, 0.717) is 12.1 Å². The van der Waals surface area contributed by atoms with Gasteiger partial charge in [-0.3, -0.25) is 9.59 Å². The van der Waals surface area contributed by atoms with Crippen LogP contribution in [0, 0.1) is 11.7 Å². The first-order chi connectivity index (χ1) is 14.4. The molecule has 2 aliphatic heterocycles. The van der Waals surface area contributed by atoms with E-state index >= 15 is 0 Å². The Morgan fingerprint density at radius 1 is 1.06 bits per heavy atom. The molecule has 2 heterocycles. The van der Waals surface area contributed by atoms with E-state index in [1.165, 1.54) is 12.1 Å². The van der Waals surface area contributed by atoms with Crippen molar-refractivity contribution >= 4 is 29.8 Å². The molecule has 1 unspecified atom stereocenters. The van der Waals surface area contributed by atoms with Gasteiger partial charge in [0.25, 0.3) is 0 Å². The minimum absolute atomic E-state index is 0. The van der Waals surface area contributed by atoms with Crippen molar-refractivity contribution < 1.29 is 14.0 Å². The summed E-state index contributed by atoms with van der Waals surface area (Å²) >= 11 is 0. The third-order valence-electron chi connectivity index (χ3n) is 6.94. The van der Waals surface area contributed by atoms with Crippen LogP contribution in [0.15, 0.2) is 48.5 Å². The summed E-state index contributed by atoms with van der Waals surface area (Å²) in [6.45, 7) is 7.26. The zero-order valence-electron chi connectivity index (χ0n) is 18.1. The van der Waals surface area contributed by atoms with Gasteiger partial charge in [-0.15, -0.1) is 12.4 Å². The van der Waals surface area contributed by atoms with Gasteiger partial charge >= 0.3 is 0 Å². The van der Waals surface area contributed by atoms with Crippen LogP contribution in [0.1, 0.15) is 49.0 Å². The molecule has 31 heavy (non-hydrogen) atoms. The number of hydrogen-bond donors (Lipinski definition) is 0. The maximum absolute atomic E-state index is 13.1. The van der Waals surface area contributed by atoms with E-state index in [2.05, 4.69) is 17.9 Å². The van der Waals surface area contributed by atoms with E-state index in [0.717, 1.165) is 50.1 Å². The van der Waals surface area contributed by atoms with E-state index in [4.69, 9.17) is 0 Å². The number of hydrogen-bond acceptors (Lipinski definition) is 3. The van der Waals surface area contributed by atoms with Crippen LogP contribution in [0.25, 0.3) is 0 Å². The van der Waals surface area contributed by atoms with Crippen molar-refractivity contribution in [2.24, 2.45) is 5.92 Å². The fourth-order valence-electron chi connectivity index (χ4n) is 4.77. The Morgan fingerprint density at radius 2 is 1.71 bits per heavy atom. The van der Waals surface area contributed by atoms with Crippen molar-refractivity contribution in [3.05, 3.63) is 65.5 Å². The first-order valence-electron chi connectivity index (χ1n) is 10.9. The first kappa shape index (κ1) is 23.4. The summed E-state index contributed by atoms with van der Waals surface area (Å²) in [5.41, 5.74) is 2.31. The molecule has 4 rings (SSSR count). The van der Waals surface area contributed by atoms with Crippen LogP contribution in [-0.2, 0) is 10.2 Å². The zero-order valence-corrected chi connectivity index (χ0v) is 19.0. The minimum atomic E-state index is -0.439. The maximum Gasteiger partial charge on any atom is 0.237 e.